The van der Waals surface area contributed by atoms with Crippen LogP contribution in [0.1, 0.15) is 0 Å². The number of hydrogen-bond donors (Lipinski definition) is 2. The zero-order valence-corrected chi connectivity index (χ0v) is 11.1. The Kier molecular flexibility index (Phi) is 6.20. The molecule has 0 aliphatic rings. The van der Waals surface area contributed by atoms with Crippen LogP contribution < -0.4 is 0 Å². The topological polar surface area (TPSA) is 109 Å². The molecule has 0 rings (SSSR count). The quantitative estimate of drug-likeness (QED) is 0.401. The van der Waals surface area contributed by atoms with E-state index in [1.807, 2.05) is 0 Å². The van der Waals surface area contributed by atoms with Crippen molar-refractivity contribution in [2.75, 3.05) is 0 Å². The Morgan fingerprint density at radius 1 is 0.900 bits per heavy atom. The molecule has 6 nitrogen and oxygen atoms in total. The Morgan fingerprint density at radius 3 is 1.10 bits per heavy atom. The molecule has 60 valence electrons. The molecule has 0 spiro atoms. The summed E-state index contributed by atoms with van der Waals surface area (Å²) < 4.78 is 54.6. The summed E-state index contributed by atoms with van der Waals surface area (Å²) in [5.41, 5.74) is 0. The first kappa shape index (κ1) is 14.0. The Labute approximate surface area is 81.9 Å². The smallest absolute Gasteiger partial charge is 0 e. The van der Waals surface area contributed by atoms with E-state index in [-0.39, 0.29) is 23.9 Å². The maximum Gasteiger partial charge on any atom is 0 e. The third kappa shape index (κ3) is 12.1. The van der Waals surface area contributed by atoms with Gasteiger partial charge in [0.1, 0.15) is 0 Å². The molecule has 2 N–H and O–H groups in total. The molecule has 0 bridgehead atoms. The van der Waals surface area contributed by atoms with Gasteiger partial charge in [-0.15, -0.1) is 0 Å². The molecule has 0 aromatic rings. The first-order valence-corrected chi connectivity index (χ1v) is 9.80. The standard InChI is InChI=1S/H2O6S2Te.Sn/c1-7(2,3)9-8(4,5)6;/h(H,1,2,3)(H,4,5,6);. The summed E-state index contributed by atoms with van der Waals surface area (Å²) in [6, 6.07) is 0. The van der Waals surface area contributed by atoms with Crippen LogP contribution in [0.5, 0.6) is 0 Å². The Morgan fingerprint density at radius 2 is 1.10 bits per heavy atom. The predicted molar refractivity (Wildman–Crippen MR) is 34.6 cm³/mol. The molecule has 0 aliphatic carbocycles. The molecule has 0 atom stereocenters. The molecule has 0 aromatic heterocycles. The summed E-state index contributed by atoms with van der Waals surface area (Å²) in [6.45, 7) is 0. The molecule has 10 heteroatoms. The number of hydrogen-bond acceptors (Lipinski definition) is 4. The van der Waals surface area contributed by atoms with Gasteiger partial charge >= 0.3 is 58.8 Å². The van der Waals surface area contributed by atoms with Crippen molar-refractivity contribution in [1.29, 1.82) is 0 Å². The fourth-order valence-corrected chi connectivity index (χ4v) is 6.56. The van der Waals surface area contributed by atoms with E-state index in [1.54, 1.807) is 0 Å². The monoisotopic (exact) mass is 412 g/mol. The van der Waals surface area contributed by atoms with E-state index in [2.05, 4.69) is 0 Å². The molecule has 0 fully saturated rings. The van der Waals surface area contributed by atoms with E-state index in [4.69, 9.17) is 9.11 Å². The van der Waals surface area contributed by atoms with Gasteiger partial charge in [-0.05, 0) is 0 Å². The Bertz CT molecular complexity index is 241. The molecule has 0 aromatic carbocycles. The van der Waals surface area contributed by atoms with Crippen LogP contribution >= 0.6 is 0 Å². The first-order chi connectivity index (χ1) is 3.71. The van der Waals surface area contributed by atoms with Crippen molar-refractivity contribution in [3.63, 3.8) is 0 Å². The molecule has 0 aliphatic heterocycles. The summed E-state index contributed by atoms with van der Waals surface area (Å²) in [4.78, 5) is 0. The van der Waals surface area contributed by atoms with E-state index in [1.165, 1.54) is 0 Å². The van der Waals surface area contributed by atoms with E-state index >= 15 is 0 Å². The summed E-state index contributed by atoms with van der Waals surface area (Å²) in [5.74, 6) is 0. The van der Waals surface area contributed by atoms with Crippen LogP contribution in [0.2, 0.25) is 0 Å². The maximum absolute atomic E-state index is 9.72. The third-order valence-electron chi connectivity index (χ3n) is 0.172. The minimum Gasteiger partial charge on any atom is 0 e. The number of rotatable bonds is 2. The van der Waals surface area contributed by atoms with Crippen molar-refractivity contribution >= 4 is 56.8 Å². The van der Waals surface area contributed by atoms with Gasteiger partial charge in [-0.2, -0.15) is 0 Å². The molecule has 4 radical (unpaired) electrons. The van der Waals surface area contributed by atoms with Crippen molar-refractivity contribution in [2.45, 2.75) is 0 Å². The first-order valence-electron chi connectivity index (χ1n) is 1.37. The van der Waals surface area contributed by atoms with Crippen LogP contribution in [0.3, 0.4) is 0 Å². The second-order valence-corrected chi connectivity index (χ2v) is 13.9. The van der Waals surface area contributed by atoms with Crippen LogP contribution in [0.4, 0.5) is 0 Å². The van der Waals surface area contributed by atoms with Crippen molar-refractivity contribution in [3.8, 4) is 0 Å². The Hall–Kier alpha value is 1.41. The van der Waals surface area contributed by atoms with Crippen LogP contribution in [0.15, 0.2) is 0 Å². The van der Waals surface area contributed by atoms with Crippen molar-refractivity contribution in [2.24, 2.45) is 0 Å². The van der Waals surface area contributed by atoms with E-state index in [0.29, 0.717) is 0 Å². The van der Waals surface area contributed by atoms with Crippen LogP contribution in [-0.2, 0) is 14.7 Å². The van der Waals surface area contributed by atoms with Crippen LogP contribution in [0.25, 0.3) is 0 Å². The maximum atomic E-state index is 9.72. The summed E-state index contributed by atoms with van der Waals surface area (Å²) in [5, 5.41) is 0. The van der Waals surface area contributed by atoms with E-state index in [9.17, 15) is 16.8 Å². The summed E-state index contributed by atoms with van der Waals surface area (Å²) >= 11 is -2.78. The average Bonchev–Trinajstić information content (AvgIpc) is 1.14. The summed E-state index contributed by atoms with van der Waals surface area (Å²) in [7, 11) is -8.98. The van der Waals surface area contributed by atoms with Gasteiger partial charge in [-0.3, -0.25) is 0 Å². The largest absolute Gasteiger partial charge is 0 e. The zero-order chi connectivity index (χ0) is 7.71. The van der Waals surface area contributed by atoms with E-state index < -0.39 is 32.9 Å². The second kappa shape index (κ2) is 4.44. The third-order valence-corrected chi connectivity index (χ3v) is 10.4. The van der Waals surface area contributed by atoms with Gasteiger partial charge in [0.05, 0.1) is 0 Å². The molecule has 0 unspecified atom stereocenters. The fourth-order valence-electron chi connectivity index (χ4n) is 0.109. The van der Waals surface area contributed by atoms with Gasteiger partial charge in [0, 0.05) is 23.9 Å². The molecule has 10 heavy (non-hydrogen) atoms. The van der Waals surface area contributed by atoms with Gasteiger partial charge in [0.25, 0.3) is 0 Å². The molecule has 0 saturated carbocycles. The van der Waals surface area contributed by atoms with Crippen LogP contribution in [0, 0.1) is 0 Å². The SMILES string of the molecule is O=S(=O)(O)[Te]S(=O)(=O)O.[Sn]. The molecule has 0 amide bonds. The Balaban J connectivity index is 0. The van der Waals surface area contributed by atoms with Gasteiger partial charge in [0.15, 0.2) is 0 Å². The van der Waals surface area contributed by atoms with Gasteiger partial charge < -0.3 is 0 Å². The average molecular weight is 408 g/mol. The van der Waals surface area contributed by atoms with Crippen LogP contribution in [-0.4, -0.2) is 68.0 Å². The minimum absolute atomic E-state index is 0. The fraction of sp³-hybridized carbons (Fsp3) is 0. The molecular formula is H2O6S2SnTe. The molecule has 0 saturated heterocycles. The summed E-state index contributed by atoms with van der Waals surface area (Å²) in [6.07, 6.45) is 0. The van der Waals surface area contributed by atoms with E-state index in [0.717, 1.165) is 0 Å². The van der Waals surface area contributed by atoms with Gasteiger partial charge in [-0.1, -0.05) is 0 Å². The second-order valence-electron chi connectivity index (χ2n) is 0.924. The normalized spacial score (nSPS) is 12.2. The predicted octanol–water partition coefficient (Wildman–Crippen LogP) is -2.08. The van der Waals surface area contributed by atoms with Gasteiger partial charge in [-0.25, -0.2) is 0 Å². The van der Waals surface area contributed by atoms with Crippen molar-refractivity contribution in [1.82, 2.24) is 0 Å². The van der Waals surface area contributed by atoms with Crippen molar-refractivity contribution in [3.05, 3.63) is 0 Å². The van der Waals surface area contributed by atoms with Crippen molar-refractivity contribution < 1.29 is 25.9 Å². The zero-order valence-electron chi connectivity index (χ0n) is 4.25. The molecular weight excluding hydrogens is 406 g/mol. The van der Waals surface area contributed by atoms with Gasteiger partial charge in [0.2, 0.25) is 0 Å². The minimum atomic E-state index is -4.49. The molecule has 0 heterocycles.